The quantitative estimate of drug-likeness (QED) is 0.663. The van der Waals surface area contributed by atoms with Crippen molar-refractivity contribution in [2.45, 2.75) is 26.2 Å². The topological polar surface area (TPSA) is 59.6 Å². The fourth-order valence-corrected chi connectivity index (χ4v) is 3.25. The van der Waals surface area contributed by atoms with E-state index in [1.807, 2.05) is 0 Å². The Hall–Kier alpha value is -1.01. The maximum atomic E-state index is 12.3. The van der Waals surface area contributed by atoms with Crippen LogP contribution in [0.2, 0.25) is 5.02 Å². The zero-order valence-electron chi connectivity index (χ0n) is 14.8. The third-order valence-electron chi connectivity index (χ3n) is 4.46. The number of methoxy groups -OCH3 is 1. The van der Waals surface area contributed by atoms with Crippen LogP contribution in [-0.4, -0.2) is 39.3 Å². The summed E-state index contributed by atoms with van der Waals surface area (Å²) < 4.78 is 10.4. The zero-order chi connectivity index (χ0) is 17.4. The van der Waals surface area contributed by atoms with Gasteiger partial charge in [-0.15, -0.1) is 12.4 Å². The van der Waals surface area contributed by atoms with Crippen LogP contribution < -0.4 is 15.4 Å². The van der Waals surface area contributed by atoms with E-state index < -0.39 is 0 Å². The van der Waals surface area contributed by atoms with Crippen molar-refractivity contribution in [3.8, 4) is 5.75 Å². The molecule has 1 fully saturated rings. The van der Waals surface area contributed by atoms with Gasteiger partial charge in [-0.1, -0.05) is 18.5 Å². The number of anilines is 1. The molecular formula is C18H28Cl2N2O3. The number of carbonyl (C=O) groups is 1. The second-order valence-electron chi connectivity index (χ2n) is 6.30. The molecule has 1 amide bonds. The van der Waals surface area contributed by atoms with E-state index in [9.17, 15) is 4.79 Å². The molecule has 142 valence electrons. The third kappa shape index (κ3) is 7.40. The predicted molar refractivity (Wildman–Crippen MR) is 104 cm³/mol. The van der Waals surface area contributed by atoms with Crippen LogP contribution in [0.25, 0.3) is 0 Å². The van der Waals surface area contributed by atoms with Crippen LogP contribution in [0.1, 0.15) is 26.2 Å². The molecule has 1 aliphatic rings. The number of piperidine rings is 1. The van der Waals surface area contributed by atoms with E-state index in [1.54, 1.807) is 25.3 Å². The van der Waals surface area contributed by atoms with E-state index >= 15 is 0 Å². The van der Waals surface area contributed by atoms with Gasteiger partial charge in [-0.05, 0) is 56.0 Å². The monoisotopic (exact) mass is 390 g/mol. The number of halogens is 2. The van der Waals surface area contributed by atoms with E-state index in [4.69, 9.17) is 21.1 Å². The Bertz CT molecular complexity index is 537. The highest BCUT2D eigenvalue weighted by molar-refractivity contribution is 6.32. The van der Waals surface area contributed by atoms with Crippen molar-refractivity contribution in [3.63, 3.8) is 0 Å². The van der Waals surface area contributed by atoms with Crippen LogP contribution in [0, 0.1) is 11.8 Å². The SMILES string of the molecule is COCCOc1ccc(NC(=O)CC(C)C2CCNCC2)cc1Cl.Cl. The van der Waals surface area contributed by atoms with Gasteiger partial charge in [-0.25, -0.2) is 0 Å². The number of hydrogen-bond acceptors (Lipinski definition) is 4. The summed E-state index contributed by atoms with van der Waals surface area (Å²) in [6.07, 6.45) is 2.83. The van der Waals surface area contributed by atoms with Crippen molar-refractivity contribution in [1.29, 1.82) is 0 Å². The highest BCUT2D eigenvalue weighted by Crippen LogP contribution is 2.28. The molecule has 1 heterocycles. The first-order valence-corrected chi connectivity index (χ1v) is 8.89. The van der Waals surface area contributed by atoms with Gasteiger partial charge in [-0.2, -0.15) is 0 Å². The molecule has 0 aromatic heterocycles. The van der Waals surface area contributed by atoms with Gasteiger partial charge >= 0.3 is 0 Å². The molecular weight excluding hydrogens is 363 g/mol. The van der Waals surface area contributed by atoms with Crippen LogP contribution in [0.5, 0.6) is 5.75 Å². The van der Waals surface area contributed by atoms with E-state index in [0.29, 0.717) is 47.9 Å². The van der Waals surface area contributed by atoms with Crippen molar-refractivity contribution in [2.75, 3.05) is 38.7 Å². The van der Waals surface area contributed by atoms with Gasteiger partial charge in [0.2, 0.25) is 5.91 Å². The minimum atomic E-state index is 0. The Morgan fingerprint density at radius 3 is 2.72 bits per heavy atom. The Balaban J connectivity index is 0.00000312. The molecule has 1 aromatic carbocycles. The van der Waals surface area contributed by atoms with Gasteiger partial charge in [0, 0.05) is 19.2 Å². The molecule has 1 saturated heterocycles. The molecule has 2 N–H and O–H groups in total. The van der Waals surface area contributed by atoms with Gasteiger partial charge in [0.25, 0.3) is 0 Å². The molecule has 0 saturated carbocycles. The van der Waals surface area contributed by atoms with Gasteiger partial charge in [0.1, 0.15) is 12.4 Å². The molecule has 2 rings (SSSR count). The van der Waals surface area contributed by atoms with Crippen LogP contribution in [0.4, 0.5) is 5.69 Å². The molecule has 1 aliphatic heterocycles. The zero-order valence-corrected chi connectivity index (χ0v) is 16.4. The van der Waals surface area contributed by atoms with Gasteiger partial charge in [-0.3, -0.25) is 4.79 Å². The van der Waals surface area contributed by atoms with Gasteiger partial charge in [0.05, 0.1) is 11.6 Å². The Morgan fingerprint density at radius 2 is 2.08 bits per heavy atom. The maximum Gasteiger partial charge on any atom is 0.224 e. The van der Waals surface area contributed by atoms with Gasteiger partial charge < -0.3 is 20.1 Å². The Morgan fingerprint density at radius 1 is 1.36 bits per heavy atom. The second kappa shape index (κ2) is 11.6. The molecule has 0 radical (unpaired) electrons. The Kier molecular flexibility index (Phi) is 10.2. The van der Waals surface area contributed by atoms with E-state index in [0.717, 1.165) is 25.9 Å². The highest BCUT2D eigenvalue weighted by atomic mass is 35.5. The number of nitrogens with one attached hydrogen (secondary N) is 2. The molecule has 1 unspecified atom stereocenters. The fraction of sp³-hybridized carbons (Fsp3) is 0.611. The molecule has 0 spiro atoms. The van der Waals surface area contributed by atoms with E-state index in [1.165, 1.54) is 0 Å². The molecule has 25 heavy (non-hydrogen) atoms. The fourth-order valence-electron chi connectivity index (χ4n) is 3.02. The van der Waals surface area contributed by atoms with Gasteiger partial charge in [0.15, 0.2) is 0 Å². The Labute approximate surface area is 161 Å². The average molecular weight is 391 g/mol. The lowest BCUT2D eigenvalue weighted by Crippen LogP contribution is -2.32. The summed E-state index contributed by atoms with van der Waals surface area (Å²) in [7, 11) is 1.62. The van der Waals surface area contributed by atoms with Crippen molar-refractivity contribution >= 4 is 35.6 Å². The molecule has 0 aliphatic carbocycles. The number of rotatable bonds is 8. The van der Waals surface area contributed by atoms with Crippen LogP contribution in [0.15, 0.2) is 18.2 Å². The first kappa shape index (κ1) is 22.0. The average Bonchev–Trinajstić information content (AvgIpc) is 2.57. The molecule has 1 atom stereocenters. The summed E-state index contributed by atoms with van der Waals surface area (Å²) in [4.78, 5) is 12.3. The van der Waals surface area contributed by atoms with Crippen LogP contribution in [0.3, 0.4) is 0 Å². The first-order valence-electron chi connectivity index (χ1n) is 8.52. The number of amides is 1. The molecule has 5 nitrogen and oxygen atoms in total. The summed E-state index contributed by atoms with van der Waals surface area (Å²) in [5, 5.41) is 6.77. The summed E-state index contributed by atoms with van der Waals surface area (Å²) in [6.45, 7) is 5.21. The summed E-state index contributed by atoms with van der Waals surface area (Å²) in [6, 6.07) is 5.29. The number of carbonyl (C=O) groups excluding carboxylic acids is 1. The van der Waals surface area contributed by atoms with Crippen molar-refractivity contribution < 1.29 is 14.3 Å². The summed E-state index contributed by atoms with van der Waals surface area (Å²) >= 11 is 6.20. The minimum absolute atomic E-state index is 0. The third-order valence-corrected chi connectivity index (χ3v) is 4.75. The van der Waals surface area contributed by atoms with Crippen molar-refractivity contribution in [3.05, 3.63) is 23.2 Å². The number of hydrogen-bond donors (Lipinski definition) is 2. The highest BCUT2D eigenvalue weighted by Gasteiger charge is 2.22. The largest absolute Gasteiger partial charge is 0.490 e. The lowest BCUT2D eigenvalue weighted by atomic mass is 9.84. The molecule has 7 heteroatoms. The maximum absolute atomic E-state index is 12.3. The normalized spacial score (nSPS) is 16.0. The van der Waals surface area contributed by atoms with Crippen molar-refractivity contribution in [1.82, 2.24) is 5.32 Å². The number of benzene rings is 1. The molecule has 0 bridgehead atoms. The van der Waals surface area contributed by atoms with Crippen molar-refractivity contribution in [2.24, 2.45) is 11.8 Å². The minimum Gasteiger partial charge on any atom is -0.490 e. The van der Waals surface area contributed by atoms with Crippen LogP contribution in [-0.2, 0) is 9.53 Å². The summed E-state index contributed by atoms with van der Waals surface area (Å²) in [5.74, 6) is 1.64. The lowest BCUT2D eigenvalue weighted by molar-refractivity contribution is -0.117. The predicted octanol–water partition coefficient (Wildman–Crippen LogP) is 3.75. The standard InChI is InChI=1S/C18H27ClN2O3.ClH/c1-13(14-5-7-20-8-6-14)11-18(22)21-15-3-4-17(16(19)12-15)24-10-9-23-2;/h3-4,12-14,20H,5-11H2,1-2H3,(H,21,22);1H. The lowest BCUT2D eigenvalue weighted by Gasteiger charge is -2.27. The second-order valence-corrected chi connectivity index (χ2v) is 6.71. The number of ether oxygens (including phenoxy) is 2. The smallest absolute Gasteiger partial charge is 0.224 e. The first-order chi connectivity index (χ1) is 11.6. The van der Waals surface area contributed by atoms with E-state index in [2.05, 4.69) is 17.6 Å². The van der Waals surface area contributed by atoms with E-state index in [-0.39, 0.29) is 18.3 Å². The molecule has 1 aromatic rings. The van der Waals surface area contributed by atoms with Crippen LogP contribution >= 0.6 is 24.0 Å². The summed E-state index contributed by atoms with van der Waals surface area (Å²) in [5.41, 5.74) is 0.696.